The summed E-state index contributed by atoms with van der Waals surface area (Å²) in [4.78, 5) is 16.5. The highest BCUT2D eigenvalue weighted by atomic mass is 32.1. The number of thiazole rings is 1. The Morgan fingerprint density at radius 3 is 2.69 bits per heavy atom. The van der Waals surface area contributed by atoms with E-state index in [4.69, 9.17) is 9.15 Å². The van der Waals surface area contributed by atoms with Gasteiger partial charge in [0.1, 0.15) is 22.9 Å². The summed E-state index contributed by atoms with van der Waals surface area (Å²) < 4.78 is 11.2. The van der Waals surface area contributed by atoms with Crippen molar-refractivity contribution in [3.8, 4) is 16.3 Å². The smallest absolute Gasteiger partial charge is 0.339 e. The Bertz CT molecular complexity index is 1130. The number of benzene rings is 2. The molecular weight excluding hydrogens is 346 g/mol. The minimum absolute atomic E-state index is 0.306. The van der Waals surface area contributed by atoms with Crippen molar-refractivity contribution in [2.24, 2.45) is 0 Å². The Balaban J connectivity index is 1.54. The average molecular weight is 363 g/mol. The molecule has 0 saturated carbocycles. The zero-order valence-corrected chi connectivity index (χ0v) is 15.3. The van der Waals surface area contributed by atoms with E-state index < -0.39 is 0 Å². The van der Waals surface area contributed by atoms with Gasteiger partial charge in [-0.1, -0.05) is 30.3 Å². The molecule has 0 bridgehead atoms. The highest BCUT2D eigenvalue weighted by Gasteiger charge is 2.09. The number of fused-ring (bicyclic) bond motifs is 1. The minimum Gasteiger partial charge on any atom is -0.487 e. The van der Waals surface area contributed by atoms with E-state index in [0.717, 1.165) is 27.2 Å². The van der Waals surface area contributed by atoms with Crippen molar-refractivity contribution in [3.05, 3.63) is 81.2 Å². The predicted octanol–water partition coefficient (Wildman–Crippen LogP) is 5.11. The maximum atomic E-state index is 11.9. The molecule has 5 heteroatoms. The van der Waals surface area contributed by atoms with Crippen molar-refractivity contribution in [2.75, 3.05) is 0 Å². The summed E-state index contributed by atoms with van der Waals surface area (Å²) in [5, 5.41) is 3.89. The number of aryl methyl sites for hydroxylation is 1. The molecule has 0 radical (unpaired) electrons. The van der Waals surface area contributed by atoms with Gasteiger partial charge in [0.2, 0.25) is 0 Å². The van der Waals surface area contributed by atoms with Gasteiger partial charge in [0.05, 0.1) is 5.69 Å². The van der Waals surface area contributed by atoms with Gasteiger partial charge >= 0.3 is 5.63 Å². The maximum Gasteiger partial charge on any atom is 0.339 e. The van der Waals surface area contributed by atoms with Crippen LogP contribution in [-0.2, 0) is 6.61 Å². The second kappa shape index (κ2) is 6.77. The number of ether oxygens (including phenoxy) is 1. The summed E-state index contributed by atoms with van der Waals surface area (Å²) in [6.07, 6.45) is 0. The van der Waals surface area contributed by atoms with Gasteiger partial charge in [0.15, 0.2) is 0 Å². The largest absolute Gasteiger partial charge is 0.487 e. The Morgan fingerprint density at radius 1 is 1.08 bits per heavy atom. The molecule has 4 nitrogen and oxygen atoms in total. The van der Waals surface area contributed by atoms with E-state index in [0.29, 0.717) is 23.5 Å². The zero-order chi connectivity index (χ0) is 18.1. The van der Waals surface area contributed by atoms with Crippen LogP contribution in [0.2, 0.25) is 0 Å². The fraction of sp³-hybridized carbons (Fsp3) is 0.143. The number of aromatic nitrogens is 1. The molecule has 0 aliphatic rings. The zero-order valence-electron chi connectivity index (χ0n) is 14.5. The molecule has 0 saturated heterocycles. The normalized spacial score (nSPS) is 11.0. The first kappa shape index (κ1) is 16.5. The van der Waals surface area contributed by atoms with Crippen LogP contribution in [0.3, 0.4) is 0 Å². The molecule has 2 aromatic heterocycles. The quantitative estimate of drug-likeness (QED) is 0.473. The van der Waals surface area contributed by atoms with Crippen LogP contribution in [0.15, 0.2) is 63.1 Å². The molecule has 2 heterocycles. The van der Waals surface area contributed by atoms with Crippen molar-refractivity contribution in [1.82, 2.24) is 4.98 Å². The first-order valence-corrected chi connectivity index (χ1v) is 9.16. The minimum atomic E-state index is -0.306. The topological polar surface area (TPSA) is 52.3 Å². The second-order valence-electron chi connectivity index (χ2n) is 6.10. The van der Waals surface area contributed by atoms with E-state index in [1.165, 1.54) is 0 Å². The van der Waals surface area contributed by atoms with Crippen molar-refractivity contribution in [2.45, 2.75) is 20.5 Å². The summed E-state index contributed by atoms with van der Waals surface area (Å²) in [5.74, 6) is 0.651. The van der Waals surface area contributed by atoms with Gasteiger partial charge in [-0.3, -0.25) is 0 Å². The van der Waals surface area contributed by atoms with Gasteiger partial charge in [-0.15, -0.1) is 11.3 Å². The Hall–Kier alpha value is -2.92. The van der Waals surface area contributed by atoms with Gasteiger partial charge < -0.3 is 9.15 Å². The van der Waals surface area contributed by atoms with Crippen LogP contribution in [0.4, 0.5) is 0 Å². The SMILES string of the molecule is Cc1c(C)c2ccc(OCc3csc(-c4ccccc4)n3)cc2oc1=O. The first-order valence-electron chi connectivity index (χ1n) is 8.28. The molecule has 0 N–H and O–H groups in total. The lowest BCUT2D eigenvalue weighted by molar-refractivity contribution is 0.302. The monoisotopic (exact) mass is 363 g/mol. The van der Waals surface area contributed by atoms with Gasteiger partial charge in [-0.25, -0.2) is 9.78 Å². The third-order valence-electron chi connectivity index (χ3n) is 4.39. The van der Waals surface area contributed by atoms with Gasteiger partial charge in [0, 0.05) is 28.0 Å². The van der Waals surface area contributed by atoms with E-state index in [1.807, 2.05) is 54.8 Å². The third kappa shape index (κ3) is 3.13. The van der Waals surface area contributed by atoms with Crippen molar-refractivity contribution in [1.29, 1.82) is 0 Å². The number of rotatable bonds is 4. The standard InChI is InChI=1S/C21H17NO3S/c1-13-14(2)21(23)25-19-10-17(8-9-18(13)19)24-11-16-12-26-20(22-16)15-6-4-3-5-7-15/h3-10,12H,11H2,1-2H3. The van der Waals surface area contributed by atoms with Crippen molar-refractivity contribution >= 4 is 22.3 Å². The molecule has 4 aromatic rings. The summed E-state index contributed by atoms with van der Waals surface area (Å²) in [7, 11) is 0. The summed E-state index contributed by atoms with van der Waals surface area (Å²) in [6.45, 7) is 4.07. The van der Waals surface area contributed by atoms with Crippen molar-refractivity contribution in [3.63, 3.8) is 0 Å². The Labute approximate surface area is 154 Å². The molecule has 130 valence electrons. The third-order valence-corrected chi connectivity index (χ3v) is 5.33. The highest BCUT2D eigenvalue weighted by Crippen LogP contribution is 2.26. The van der Waals surface area contributed by atoms with Gasteiger partial charge in [-0.2, -0.15) is 0 Å². The molecule has 0 amide bonds. The maximum absolute atomic E-state index is 11.9. The van der Waals surface area contributed by atoms with Crippen LogP contribution in [0.25, 0.3) is 21.5 Å². The molecular formula is C21H17NO3S. The fourth-order valence-corrected chi connectivity index (χ4v) is 3.57. The van der Waals surface area contributed by atoms with E-state index in [2.05, 4.69) is 4.98 Å². The Kier molecular flexibility index (Phi) is 4.31. The van der Waals surface area contributed by atoms with Crippen LogP contribution >= 0.6 is 11.3 Å². The van der Waals surface area contributed by atoms with Gasteiger partial charge in [0.25, 0.3) is 0 Å². The average Bonchev–Trinajstić information content (AvgIpc) is 3.14. The number of hydrogen-bond acceptors (Lipinski definition) is 5. The Morgan fingerprint density at radius 2 is 1.88 bits per heavy atom. The molecule has 0 unspecified atom stereocenters. The summed E-state index contributed by atoms with van der Waals surface area (Å²) in [6, 6.07) is 15.6. The van der Waals surface area contributed by atoms with Gasteiger partial charge in [-0.05, 0) is 31.5 Å². The second-order valence-corrected chi connectivity index (χ2v) is 6.95. The van der Waals surface area contributed by atoms with E-state index in [1.54, 1.807) is 24.3 Å². The van der Waals surface area contributed by atoms with Crippen LogP contribution < -0.4 is 10.4 Å². The molecule has 0 aliphatic carbocycles. The van der Waals surface area contributed by atoms with Crippen LogP contribution in [0.5, 0.6) is 5.75 Å². The first-order chi connectivity index (χ1) is 12.6. The highest BCUT2D eigenvalue weighted by molar-refractivity contribution is 7.13. The summed E-state index contributed by atoms with van der Waals surface area (Å²) in [5.41, 5.74) is 3.78. The lowest BCUT2D eigenvalue weighted by Crippen LogP contribution is -2.05. The lowest BCUT2D eigenvalue weighted by Gasteiger charge is -2.07. The fourth-order valence-electron chi connectivity index (χ4n) is 2.76. The molecule has 0 aliphatic heterocycles. The van der Waals surface area contributed by atoms with Crippen molar-refractivity contribution < 1.29 is 9.15 Å². The lowest BCUT2D eigenvalue weighted by atomic mass is 10.1. The van der Waals surface area contributed by atoms with E-state index >= 15 is 0 Å². The molecule has 4 rings (SSSR count). The van der Waals surface area contributed by atoms with Crippen LogP contribution in [-0.4, -0.2) is 4.98 Å². The molecule has 0 atom stereocenters. The van der Waals surface area contributed by atoms with E-state index in [-0.39, 0.29) is 5.63 Å². The number of hydrogen-bond donors (Lipinski definition) is 0. The molecule has 26 heavy (non-hydrogen) atoms. The van der Waals surface area contributed by atoms with Crippen LogP contribution in [0.1, 0.15) is 16.8 Å². The molecule has 2 aromatic carbocycles. The van der Waals surface area contributed by atoms with E-state index in [9.17, 15) is 4.79 Å². The molecule has 0 fully saturated rings. The number of nitrogens with zero attached hydrogens (tertiary/aromatic N) is 1. The molecule has 0 spiro atoms. The summed E-state index contributed by atoms with van der Waals surface area (Å²) >= 11 is 1.59. The predicted molar refractivity (Wildman–Crippen MR) is 104 cm³/mol. The van der Waals surface area contributed by atoms with Crippen LogP contribution in [0, 0.1) is 13.8 Å².